The maximum atomic E-state index is 5.20. The first-order valence-electron chi connectivity index (χ1n) is 3.04. The third-order valence-electron chi connectivity index (χ3n) is 0.803. The van der Waals surface area contributed by atoms with Crippen molar-refractivity contribution in [1.82, 2.24) is 0 Å². The Balaban J connectivity index is 0. The molecule has 0 unspecified atom stereocenters. The normalized spacial score (nSPS) is 9.33. The molecule has 0 aliphatic rings. The Morgan fingerprint density at radius 3 is 1.67 bits per heavy atom. The minimum atomic E-state index is -1.20. The largest absolute Gasteiger partial charge is 0.412 e. The van der Waals surface area contributed by atoms with Gasteiger partial charge in [-0.3, -0.25) is 0 Å². The summed E-state index contributed by atoms with van der Waals surface area (Å²) >= 11 is 0. The highest BCUT2D eigenvalue weighted by atomic mass is 28.3. The fourth-order valence-electron chi connectivity index (χ4n) is 0.518. The van der Waals surface area contributed by atoms with Gasteiger partial charge in [0.1, 0.15) is 0 Å². The van der Waals surface area contributed by atoms with E-state index in [0.29, 0.717) is 0 Å². The summed E-state index contributed by atoms with van der Waals surface area (Å²) in [4.78, 5) is 0. The number of rotatable bonds is 4. The van der Waals surface area contributed by atoms with E-state index in [1.54, 1.807) is 0 Å². The van der Waals surface area contributed by atoms with E-state index < -0.39 is 9.28 Å². The first kappa shape index (κ1) is 11.8. The quantitative estimate of drug-likeness (QED) is 0.536. The van der Waals surface area contributed by atoms with Crippen LogP contribution in [-0.2, 0) is 8.85 Å². The lowest BCUT2D eigenvalue weighted by molar-refractivity contribution is 0.219. The number of hydrogen-bond acceptors (Lipinski definition) is 2. The minimum absolute atomic E-state index is 0. The lowest BCUT2D eigenvalue weighted by atomic mass is 10.9. The molecule has 58 valence electrons. The molecule has 4 heteroatoms. The van der Waals surface area contributed by atoms with E-state index >= 15 is 0 Å². The Bertz CT molecular complexity index is 45.5. The van der Waals surface area contributed by atoms with E-state index in [9.17, 15) is 0 Å². The molecule has 0 amide bonds. The zero-order chi connectivity index (χ0) is 6.41. The van der Waals surface area contributed by atoms with Crippen LogP contribution < -0.4 is 0 Å². The van der Waals surface area contributed by atoms with Crippen molar-refractivity contribution in [2.24, 2.45) is 0 Å². The lowest BCUT2D eigenvalue weighted by Gasteiger charge is -2.07. The van der Waals surface area contributed by atoms with Gasteiger partial charge < -0.3 is 14.3 Å². The standard InChI is InChI=1S/C5H14O2Si.H2O/c1-4-6-8(3)7-5-2;/h8H,4-5H2,1-3H3;1H2. The van der Waals surface area contributed by atoms with E-state index in [4.69, 9.17) is 8.85 Å². The van der Waals surface area contributed by atoms with E-state index in [1.807, 2.05) is 20.4 Å². The highest BCUT2D eigenvalue weighted by Gasteiger charge is 1.99. The van der Waals surface area contributed by atoms with Gasteiger partial charge in [0, 0.05) is 13.2 Å². The van der Waals surface area contributed by atoms with Crippen molar-refractivity contribution in [3.63, 3.8) is 0 Å². The smallest absolute Gasteiger partial charge is 0.318 e. The summed E-state index contributed by atoms with van der Waals surface area (Å²) in [6.07, 6.45) is 0. The highest BCUT2D eigenvalue weighted by Crippen LogP contribution is 1.85. The second-order valence-electron chi connectivity index (χ2n) is 1.48. The van der Waals surface area contributed by atoms with Gasteiger partial charge in [0.15, 0.2) is 0 Å². The summed E-state index contributed by atoms with van der Waals surface area (Å²) in [6, 6.07) is 0. The number of hydrogen-bond donors (Lipinski definition) is 0. The van der Waals surface area contributed by atoms with Crippen LogP contribution >= 0.6 is 0 Å². The minimum Gasteiger partial charge on any atom is -0.412 e. The van der Waals surface area contributed by atoms with Crippen LogP contribution in [0.1, 0.15) is 13.8 Å². The van der Waals surface area contributed by atoms with Gasteiger partial charge in [-0.2, -0.15) is 0 Å². The molecule has 0 radical (unpaired) electrons. The third-order valence-corrected chi connectivity index (χ3v) is 2.41. The van der Waals surface area contributed by atoms with E-state index in [1.165, 1.54) is 0 Å². The van der Waals surface area contributed by atoms with Gasteiger partial charge in [-0.1, -0.05) is 0 Å². The molecule has 0 atom stereocenters. The van der Waals surface area contributed by atoms with Gasteiger partial charge in [0.25, 0.3) is 0 Å². The molecule has 0 aromatic carbocycles. The van der Waals surface area contributed by atoms with Crippen molar-refractivity contribution in [3.05, 3.63) is 0 Å². The van der Waals surface area contributed by atoms with Crippen LogP contribution in [0, 0.1) is 0 Å². The Morgan fingerprint density at radius 2 is 1.44 bits per heavy atom. The molecule has 0 saturated carbocycles. The van der Waals surface area contributed by atoms with Crippen molar-refractivity contribution in [3.8, 4) is 0 Å². The molecule has 0 heterocycles. The Morgan fingerprint density at radius 1 is 1.11 bits per heavy atom. The van der Waals surface area contributed by atoms with Crippen molar-refractivity contribution in [1.29, 1.82) is 0 Å². The molecule has 0 aliphatic heterocycles. The summed E-state index contributed by atoms with van der Waals surface area (Å²) in [6.45, 7) is 7.58. The van der Waals surface area contributed by atoms with Gasteiger partial charge in [-0.05, 0) is 20.4 Å². The first-order valence-corrected chi connectivity index (χ1v) is 5.14. The molecule has 0 aromatic heterocycles. The van der Waals surface area contributed by atoms with Gasteiger partial charge in [-0.25, -0.2) is 0 Å². The molecule has 0 saturated heterocycles. The zero-order valence-electron chi connectivity index (χ0n) is 6.31. The summed E-state index contributed by atoms with van der Waals surface area (Å²) in [5, 5.41) is 0. The predicted octanol–water partition coefficient (Wildman–Crippen LogP) is 0.0850. The molecule has 0 aromatic rings. The van der Waals surface area contributed by atoms with Crippen LogP contribution in [0.4, 0.5) is 0 Å². The third kappa shape index (κ3) is 8.10. The van der Waals surface area contributed by atoms with Crippen LogP contribution in [-0.4, -0.2) is 28.0 Å². The topological polar surface area (TPSA) is 50.0 Å². The molecule has 2 N–H and O–H groups in total. The molecule has 0 spiro atoms. The van der Waals surface area contributed by atoms with Crippen molar-refractivity contribution >= 4 is 9.28 Å². The Hall–Kier alpha value is 0.0969. The molecule has 9 heavy (non-hydrogen) atoms. The SMILES string of the molecule is CCO[SiH](C)OCC.O. The fraction of sp³-hybridized carbons (Fsp3) is 1.00. The highest BCUT2D eigenvalue weighted by molar-refractivity contribution is 6.42. The second-order valence-corrected chi connectivity index (χ2v) is 3.28. The summed E-state index contributed by atoms with van der Waals surface area (Å²) in [5.74, 6) is 0. The van der Waals surface area contributed by atoms with E-state index in [2.05, 4.69) is 0 Å². The van der Waals surface area contributed by atoms with Crippen molar-refractivity contribution in [2.45, 2.75) is 20.4 Å². The van der Waals surface area contributed by atoms with Gasteiger partial charge in [-0.15, -0.1) is 0 Å². The van der Waals surface area contributed by atoms with Crippen LogP contribution in [0.25, 0.3) is 0 Å². The van der Waals surface area contributed by atoms with Gasteiger partial charge in [0.05, 0.1) is 0 Å². The maximum Gasteiger partial charge on any atom is 0.318 e. The molecular weight excluding hydrogens is 136 g/mol. The zero-order valence-corrected chi connectivity index (χ0v) is 7.46. The monoisotopic (exact) mass is 152 g/mol. The average Bonchev–Trinajstić information content (AvgIpc) is 1.68. The molecule has 0 bridgehead atoms. The van der Waals surface area contributed by atoms with E-state index in [-0.39, 0.29) is 5.48 Å². The van der Waals surface area contributed by atoms with Crippen LogP contribution in [0.3, 0.4) is 0 Å². The average molecular weight is 152 g/mol. The molecular formula is C5H16O3Si. The van der Waals surface area contributed by atoms with Crippen LogP contribution in [0.5, 0.6) is 0 Å². The lowest BCUT2D eigenvalue weighted by Crippen LogP contribution is -2.17. The molecule has 3 nitrogen and oxygen atoms in total. The second kappa shape index (κ2) is 8.10. The van der Waals surface area contributed by atoms with Crippen molar-refractivity contribution in [2.75, 3.05) is 13.2 Å². The van der Waals surface area contributed by atoms with Gasteiger partial charge in [0.2, 0.25) is 0 Å². The maximum absolute atomic E-state index is 5.20. The Labute approximate surface area is 58.1 Å². The molecule has 0 aliphatic carbocycles. The predicted molar refractivity (Wildman–Crippen MR) is 39.9 cm³/mol. The Kier molecular flexibility index (Phi) is 10.7. The molecule has 0 rings (SSSR count). The van der Waals surface area contributed by atoms with Crippen LogP contribution in [0.15, 0.2) is 0 Å². The summed E-state index contributed by atoms with van der Waals surface area (Å²) in [5.41, 5.74) is 0. The van der Waals surface area contributed by atoms with Crippen molar-refractivity contribution < 1.29 is 14.3 Å². The first-order chi connectivity index (χ1) is 3.81. The van der Waals surface area contributed by atoms with Crippen LogP contribution in [0.2, 0.25) is 6.55 Å². The molecule has 0 fully saturated rings. The van der Waals surface area contributed by atoms with E-state index in [0.717, 1.165) is 13.2 Å². The summed E-state index contributed by atoms with van der Waals surface area (Å²) < 4.78 is 10.4. The van der Waals surface area contributed by atoms with Gasteiger partial charge >= 0.3 is 9.28 Å². The fourth-order valence-corrected chi connectivity index (χ4v) is 1.55. The summed E-state index contributed by atoms with van der Waals surface area (Å²) in [7, 11) is -1.20.